The minimum absolute atomic E-state index is 0.0201. The molecule has 3 saturated heterocycles. The van der Waals surface area contributed by atoms with Crippen molar-refractivity contribution in [3.8, 4) is 11.1 Å². The Hall–Kier alpha value is -1.76. The first-order valence-corrected chi connectivity index (χ1v) is 10.4. The third kappa shape index (κ3) is 2.78. The van der Waals surface area contributed by atoms with Crippen LogP contribution in [0, 0.1) is 5.92 Å². The van der Waals surface area contributed by atoms with Crippen LogP contribution in [0.15, 0.2) is 35.0 Å². The number of benzene rings is 1. The lowest BCUT2D eigenvalue weighted by Crippen LogP contribution is -2.57. The summed E-state index contributed by atoms with van der Waals surface area (Å²) in [5, 5.41) is 8.44. The lowest BCUT2D eigenvalue weighted by Gasteiger charge is -2.44. The molecule has 1 amide bonds. The number of nitrogens with one attached hydrogen (secondary N) is 1. The zero-order valence-electron chi connectivity index (χ0n) is 13.8. The molecule has 128 valence electrons. The van der Waals surface area contributed by atoms with Gasteiger partial charge >= 0.3 is 0 Å². The molecule has 0 aliphatic carbocycles. The largest absolute Gasteiger partial charge is 0.346 e. The van der Waals surface area contributed by atoms with Gasteiger partial charge in [0, 0.05) is 18.0 Å². The number of amides is 1. The van der Waals surface area contributed by atoms with Crippen molar-refractivity contribution >= 4 is 38.9 Å². The molecule has 4 nitrogen and oxygen atoms in total. The van der Waals surface area contributed by atoms with Gasteiger partial charge in [-0.1, -0.05) is 12.1 Å². The van der Waals surface area contributed by atoms with Crippen LogP contribution in [0.4, 0.5) is 0 Å². The smallest absolute Gasteiger partial charge is 0.271 e. The van der Waals surface area contributed by atoms with E-state index in [4.69, 9.17) is 0 Å². The van der Waals surface area contributed by atoms with Crippen molar-refractivity contribution in [3.05, 3.63) is 40.7 Å². The van der Waals surface area contributed by atoms with Crippen molar-refractivity contribution in [2.45, 2.75) is 18.9 Å². The van der Waals surface area contributed by atoms with Gasteiger partial charge in [0.25, 0.3) is 5.91 Å². The molecule has 1 unspecified atom stereocenters. The lowest BCUT2D eigenvalue weighted by atomic mass is 9.84. The fourth-order valence-electron chi connectivity index (χ4n) is 4.07. The van der Waals surface area contributed by atoms with E-state index in [1.807, 2.05) is 6.07 Å². The van der Waals surface area contributed by atoms with Crippen LogP contribution in [0.1, 0.15) is 23.3 Å². The number of hydrogen-bond acceptors (Lipinski definition) is 5. The van der Waals surface area contributed by atoms with Gasteiger partial charge in [-0.05, 0) is 77.4 Å². The zero-order chi connectivity index (χ0) is 16.8. The fourth-order valence-corrected chi connectivity index (χ4v) is 5.55. The summed E-state index contributed by atoms with van der Waals surface area (Å²) < 4.78 is 5.54. The molecule has 25 heavy (non-hydrogen) atoms. The number of hydrogen-bond donors (Lipinski definition) is 1. The Labute approximate surface area is 154 Å². The molecule has 1 N–H and O–H groups in total. The molecular weight excluding hydrogens is 350 g/mol. The Bertz CT molecular complexity index is 910. The Balaban J connectivity index is 1.40. The first kappa shape index (κ1) is 15.5. The van der Waals surface area contributed by atoms with E-state index in [-0.39, 0.29) is 11.9 Å². The van der Waals surface area contributed by atoms with Crippen molar-refractivity contribution in [3.63, 3.8) is 0 Å². The number of aromatic nitrogens is 1. The first-order valence-electron chi connectivity index (χ1n) is 8.73. The van der Waals surface area contributed by atoms with Gasteiger partial charge in [0.1, 0.15) is 5.69 Å². The number of carbonyl (C=O) groups excluding carboxylic acids is 1. The van der Waals surface area contributed by atoms with E-state index in [0.29, 0.717) is 11.6 Å². The van der Waals surface area contributed by atoms with Crippen LogP contribution in [0.25, 0.3) is 21.2 Å². The monoisotopic (exact) mass is 369 g/mol. The Kier molecular flexibility index (Phi) is 3.84. The molecule has 2 aromatic heterocycles. The van der Waals surface area contributed by atoms with E-state index in [9.17, 15) is 4.79 Å². The van der Waals surface area contributed by atoms with Gasteiger partial charge in [-0.25, -0.2) is 0 Å². The number of nitrogens with zero attached hydrogens (tertiary/aromatic N) is 2. The first-order chi connectivity index (χ1) is 12.3. The van der Waals surface area contributed by atoms with Crippen LogP contribution in [-0.2, 0) is 0 Å². The second-order valence-electron chi connectivity index (χ2n) is 6.97. The third-order valence-electron chi connectivity index (χ3n) is 5.51. The molecule has 3 fully saturated rings. The Morgan fingerprint density at radius 2 is 2.08 bits per heavy atom. The maximum absolute atomic E-state index is 12.8. The zero-order valence-corrected chi connectivity index (χ0v) is 15.4. The normalized spacial score (nSPS) is 25.4. The highest BCUT2D eigenvalue weighted by Gasteiger charge is 2.35. The van der Waals surface area contributed by atoms with Crippen molar-refractivity contribution in [1.82, 2.24) is 14.6 Å². The topological polar surface area (TPSA) is 45.2 Å². The second kappa shape index (κ2) is 6.20. The minimum Gasteiger partial charge on any atom is -0.346 e. The standard InChI is InChI=1S/C19H19N3OS2/c23-19(20-16-10-22-6-3-12(16)4-7-22)18-15-2-1-13(9-17(15)25-21-18)14-5-8-24-11-14/h1-2,5,8-9,11-12,16H,3-4,6-7,10H2,(H,20,23). The SMILES string of the molecule is O=C(NC1CN2CCC1CC2)c1nsc2cc(-c3ccsc3)ccc12. The number of piperidine rings is 3. The maximum atomic E-state index is 12.8. The highest BCUT2D eigenvalue weighted by molar-refractivity contribution is 7.13. The van der Waals surface area contributed by atoms with Crippen LogP contribution < -0.4 is 5.32 Å². The summed E-state index contributed by atoms with van der Waals surface area (Å²) in [6.45, 7) is 3.35. The molecule has 5 heterocycles. The summed E-state index contributed by atoms with van der Waals surface area (Å²) in [5.74, 6) is 0.609. The van der Waals surface area contributed by atoms with Crippen molar-refractivity contribution in [2.24, 2.45) is 5.92 Å². The van der Waals surface area contributed by atoms with Crippen molar-refractivity contribution in [1.29, 1.82) is 0 Å². The summed E-state index contributed by atoms with van der Waals surface area (Å²) in [4.78, 5) is 15.2. The molecule has 1 aromatic carbocycles. The summed E-state index contributed by atoms with van der Waals surface area (Å²) >= 11 is 3.11. The number of thiophene rings is 1. The predicted molar refractivity (Wildman–Crippen MR) is 103 cm³/mol. The lowest BCUT2D eigenvalue weighted by molar-refractivity contribution is 0.0619. The molecule has 3 aromatic rings. The average molecular weight is 370 g/mol. The van der Waals surface area contributed by atoms with Crippen LogP contribution in [-0.4, -0.2) is 40.9 Å². The number of carbonyl (C=O) groups is 1. The van der Waals surface area contributed by atoms with Gasteiger partial charge in [0.2, 0.25) is 0 Å². The van der Waals surface area contributed by atoms with E-state index in [2.05, 4.69) is 43.5 Å². The Morgan fingerprint density at radius 3 is 2.80 bits per heavy atom. The summed E-state index contributed by atoms with van der Waals surface area (Å²) in [6.07, 6.45) is 2.40. The van der Waals surface area contributed by atoms with E-state index in [1.54, 1.807) is 11.3 Å². The predicted octanol–water partition coefficient (Wildman–Crippen LogP) is 3.85. The molecule has 2 bridgehead atoms. The molecule has 3 aliphatic rings. The average Bonchev–Trinajstić information content (AvgIpc) is 3.32. The highest BCUT2D eigenvalue weighted by Crippen LogP contribution is 2.31. The Morgan fingerprint density at radius 1 is 1.20 bits per heavy atom. The number of fused-ring (bicyclic) bond motifs is 4. The molecule has 6 rings (SSSR count). The number of rotatable bonds is 3. The van der Waals surface area contributed by atoms with Gasteiger partial charge in [0.05, 0.1) is 4.70 Å². The van der Waals surface area contributed by atoms with Crippen LogP contribution in [0.5, 0.6) is 0 Å². The molecule has 6 heteroatoms. The van der Waals surface area contributed by atoms with E-state index >= 15 is 0 Å². The molecule has 0 radical (unpaired) electrons. The van der Waals surface area contributed by atoms with Crippen LogP contribution in [0.3, 0.4) is 0 Å². The van der Waals surface area contributed by atoms with Gasteiger partial charge < -0.3 is 10.2 Å². The molecule has 1 atom stereocenters. The minimum atomic E-state index is -0.0201. The van der Waals surface area contributed by atoms with Crippen LogP contribution in [0.2, 0.25) is 0 Å². The summed E-state index contributed by atoms with van der Waals surface area (Å²) in [7, 11) is 0. The van der Waals surface area contributed by atoms with E-state index < -0.39 is 0 Å². The quantitative estimate of drug-likeness (QED) is 0.763. The maximum Gasteiger partial charge on any atom is 0.271 e. The molecule has 0 spiro atoms. The highest BCUT2D eigenvalue weighted by atomic mass is 32.1. The molecule has 3 aliphatic heterocycles. The fraction of sp³-hybridized carbons (Fsp3) is 0.368. The van der Waals surface area contributed by atoms with E-state index in [1.165, 1.54) is 48.6 Å². The van der Waals surface area contributed by atoms with Gasteiger partial charge in [0.15, 0.2) is 0 Å². The summed E-state index contributed by atoms with van der Waals surface area (Å²) in [6, 6.07) is 8.66. The molecule has 0 saturated carbocycles. The molecular formula is C19H19N3OS2. The van der Waals surface area contributed by atoms with Gasteiger partial charge in [-0.15, -0.1) is 0 Å². The third-order valence-corrected chi connectivity index (χ3v) is 7.01. The van der Waals surface area contributed by atoms with Gasteiger partial charge in [-0.2, -0.15) is 15.7 Å². The summed E-state index contributed by atoms with van der Waals surface area (Å²) in [5.41, 5.74) is 2.98. The van der Waals surface area contributed by atoms with Crippen molar-refractivity contribution in [2.75, 3.05) is 19.6 Å². The van der Waals surface area contributed by atoms with Crippen molar-refractivity contribution < 1.29 is 4.79 Å². The van der Waals surface area contributed by atoms with Gasteiger partial charge in [-0.3, -0.25) is 4.79 Å². The second-order valence-corrected chi connectivity index (χ2v) is 8.56. The van der Waals surface area contributed by atoms with E-state index in [0.717, 1.165) is 16.6 Å². The van der Waals surface area contributed by atoms with Crippen LogP contribution >= 0.6 is 22.9 Å².